The molecular formula is C14H25ClN2O2S. The summed E-state index contributed by atoms with van der Waals surface area (Å²) in [6.07, 6.45) is 6.38. The number of thioether (sulfide) groups is 1. The number of carbonyl (C=O) groups excluding carboxylic acids is 1. The molecule has 0 bridgehead atoms. The van der Waals surface area contributed by atoms with E-state index in [4.69, 9.17) is 4.74 Å². The molecule has 3 fully saturated rings. The normalized spacial score (nSPS) is 34.5. The lowest BCUT2D eigenvalue weighted by molar-refractivity contribution is -0.144. The first kappa shape index (κ1) is 16.4. The van der Waals surface area contributed by atoms with Crippen LogP contribution in [0.15, 0.2) is 0 Å². The van der Waals surface area contributed by atoms with Crippen molar-refractivity contribution < 1.29 is 9.53 Å². The number of nitrogens with one attached hydrogen (secondary N) is 2. The lowest BCUT2D eigenvalue weighted by Crippen LogP contribution is -2.65. The molecule has 6 heteroatoms. The number of hydrogen-bond acceptors (Lipinski definition) is 4. The van der Waals surface area contributed by atoms with Crippen molar-refractivity contribution in [3.05, 3.63) is 0 Å². The highest BCUT2D eigenvalue weighted by atomic mass is 35.5. The van der Waals surface area contributed by atoms with Crippen LogP contribution in [-0.2, 0) is 9.53 Å². The van der Waals surface area contributed by atoms with Crippen LogP contribution in [0.25, 0.3) is 0 Å². The topological polar surface area (TPSA) is 50.4 Å². The highest BCUT2D eigenvalue weighted by Gasteiger charge is 2.57. The second-order valence-corrected chi connectivity index (χ2v) is 6.98. The van der Waals surface area contributed by atoms with E-state index in [0.29, 0.717) is 12.1 Å². The van der Waals surface area contributed by atoms with E-state index >= 15 is 0 Å². The van der Waals surface area contributed by atoms with Crippen molar-refractivity contribution in [3.8, 4) is 0 Å². The highest BCUT2D eigenvalue weighted by molar-refractivity contribution is 7.99. The predicted molar refractivity (Wildman–Crippen MR) is 84.4 cm³/mol. The molecule has 4 nitrogen and oxygen atoms in total. The molecule has 0 aromatic heterocycles. The third-order valence-corrected chi connectivity index (χ3v) is 5.98. The van der Waals surface area contributed by atoms with Crippen molar-refractivity contribution in [1.29, 1.82) is 0 Å². The standard InChI is InChI=1S/C14H24N2O2S.ClH/c1-2-18-12-7-11(14(12)5-3-4-6-14)16-13(17)10-8-19-9-15-10;/h10-12,15H,2-9H2,1H3,(H,16,17);1H. The van der Waals surface area contributed by atoms with Gasteiger partial charge in [-0.15, -0.1) is 24.2 Å². The van der Waals surface area contributed by atoms with Crippen molar-refractivity contribution in [1.82, 2.24) is 10.6 Å². The summed E-state index contributed by atoms with van der Waals surface area (Å²) >= 11 is 1.80. The molecule has 2 aliphatic carbocycles. The first-order valence-electron chi connectivity index (χ1n) is 7.49. The number of ether oxygens (including phenoxy) is 1. The molecule has 1 heterocycles. The molecule has 2 N–H and O–H groups in total. The molecule has 3 rings (SSSR count). The molecule has 1 spiro atoms. The van der Waals surface area contributed by atoms with Crippen molar-refractivity contribution in [2.45, 2.75) is 57.2 Å². The Kier molecular flexibility index (Phi) is 5.63. The summed E-state index contributed by atoms with van der Waals surface area (Å²) in [4.78, 5) is 12.2. The van der Waals surface area contributed by atoms with Gasteiger partial charge < -0.3 is 10.1 Å². The van der Waals surface area contributed by atoms with Crippen LogP contribution in [0, 0.1) is 5.41 Å². The van der Waals surface area contributed by atoms with E-state index in [9.17, 15) is 4.79 Å². The van der Waals surface area contributed by atoms with Crippen LogP contribution < -0.4 is 10.6 Å². The van der Waals surface area contributed by atoms with Crippen LogP contribution in [0.2, 0.25) is 0 Å². The number of amides is 1. The Morgan fingerprint density at radius 3 is 2.80 bits per heavy atom. The van der Waals surface area contributed by atoms with Crippen LogP contribution in [0.4, 0.5) is 0 Å². The van der Waals surface area contributed by atoms with E-state index in [-0.39, 0.29) is 29.8 Å². The van der Waals surface area contributed by atoms with Gasteiger partial charge in [0.05, 0.1) is 12.1 Å². The highest BCUT2D eigenvalue weighted by Crippen LogP contribution is 2.54. The molecule has 0 aromatic rings. The number of rotatable bonds is 4. The molecule has 1 aliphatic heterocycles. The number of halogens is 1. The van der Waals surface area contributed by atoms with E-state index < -0.39 is 0 Å². The Hall–Kier alpha value is 0.0300. The minimum Gasteiger partial charge on any atom is -0.378 e. The van der Waals surface area contributed by atoms with Gasteiger partial charge in [-0.3, -0.25) is 10.1 Å². The first-order chi connectivity index (χ1) is 9.26. The Labute approximate surface area is 131 Å². The Bertz CT molecular complexity index is 344. The summed E-state index contributed by atoms with van der Waals surface area (Å²) in [5, 5.41) is 6.53. The molecule has 0 aromatic carbocycles. The Balaban J connectivity index is 0.00000147. The average molecular weight is 321 g/mol. The van der Waals surface area contributed by atoms with Crippen LogP contribution in [0.5, 0.6) is 0 Å². The Morgan fingerprint density at radius 2 is 2.20 bits per heavy atom. The van der Waals surface area contributed by atoms with Gasteiger partial charge in [-0.1, -0.05) is 12.8 Å². The van der Waals surface area contributed by atoms with Crippen molar-refractivity contribution in [2.75, 3.05) is 18.2 Å². The second-order valence-electron chi connectivity index (χ2n) is 5.95. The zero-order chi connectivity index (χ0) is 13.3. The van der Waals surface area contributed by atoms with E-state index in [1.165, 1.54) is 25.7 Å². The van der Waals surface area contributed by atoms with Gasteiger partial charge in [-0.2, -0.15) is 0 Å². The maximum absolute atomic E-state index is 12.2. The molecule has 1 saturated heterocycles. The van der Waals surface area contributed by atoms with E-state index in [1.807, 2.05) is 0 Å². The van der Waals surface area contributed by atoms with Crippen molar-refractivity contribution in [3.63, 3.8) is 0 Å². The zero-order valence-corrected chi connectivity index (χ0v) is 13.7. The lowest BCUT2D eigenvalue weighted by atomic mass is 9.60. The molecule has 20 heavy (non-hydrogen) atoms. The summed E-state index contributed by atoms with van der Waals surface area (Å²) < 4.78 is 5.88. The predicted octanol–water partition coefficient (Wildman–Crippen LogP) is 1.92. The quantitative estimate of drug-likeness (QED) is 0.831. The summed E-state index contributed by atoms with van der Waals surface area (Å²) in [5.74, 6) is 1.99. The molecule has 3 unspecified atom stereocenters. The lowest BCUT2D eigenvalue weighted by Gasteiger charge is -2.54. The SMILES string of the molecule is CCOC1CC(NC(=O)C2CSCN2)C12CCCC2.Cl. The fraction of sp³-hybridized carbons (Fsp3) is 0.929. The van der Waals surface area contributed by atoms with E-state index in [1.54, 1.807) is 11.8 Å². The van der Waals surface area contributed by atoms with Gasteiger partial charge in [-0.05, 0) is 26.2 Å². The second kappa shape index (κ2) is 6.86. The molecule has 3 atom stereocenters. The van der Waals surface area contributed by atoms with Gasteiger partial charge in [0, 0.05) is 29.7 Å². The van der Waals surface area contributed by atoms with Gasteiger partial charge in [0.1, 0.15) is 0 Å². The molecule has 1 amide bonds. The van der Waals surface area contributed by atoms with Crippen LogP contribution >= 0.6 is 24.2 Å². The molecule has 3 aliphatic rings. The van der Waals surface area contributed by atoms with Gasteiger partial charge in [0.25, 0.3) is 0 Å². The summed E-state index contributed by atoms with van der Waals surface area (Å²) in [6, 6.07) is 0.348. The summed E-state index contributed by atoms with van der Waals surface area (Å²) in [7, 11) is 0. The van der Waals surface area contributed by atoms with Crippen molar-refractivity contribution in [2.24, 2.45) is 5.41 Å². The molecule has 2 saturated carbocycles. The molecule has 0 radical (unpaired) electrons. The molecule has 116 valence electrons. The van der Waals surface area contributed by atoms with E-state index in [0.717, 1.165) is 24.7 Å². The summed E-state index contributed by atoms with van der Waals surface area (Å²) in [5.41, 5.74) is 0.247. The van der Waals surface area contributed by atoms with Gasteiger partial charge in [-0.25, -0.2) is 0 Å². The third-order valence-electron chi connectivity index (χ3n) is 5.04. The number of carbonyl (C=O) groups is 1. The zero-order valence-electron chi connectivity index (χ0n) is 12.0. The smallest absolute Gasteiger partial charge is 0.238 e. The van der Waals surface area contributed by atoms with Gasteiger partial charge in [0.15, 0.2) is 0 Å². The fourth-order valence-corrected chi connectivity index (χ4v) is 4.87. The van der Waals surface area contributed by atoms with Crippen molar-refractivity contribution >= 4 is 30.1 Å². The van der Waals surface area contributed by atoms with Crippen LogP contribution in [0.3, 0.4) is 0 Å². The largest absolute Gasteiger partial charge is 0.378 e. The third kappa shape index (κ3) is 2.82. The minimum atomic E-state index is 0. The van der Waals surface area contributed by atoms with Crippen LogP contribution in [-0.4, -0.2) is 42.3 Å². The van der Waals surface area contributed by atoms with Crippen LogP contribution in [0.1, 0.15) is 39.0 Å². The maximum Gasteiger partial charge on any atom is 0.238 e. The monoisotopic (exact) mass is 320 g/mol. The number of hydrogen-bond donors (Lipinski definition) is 2. The minimum absolute atomic E-state index is 0. The van der Waals surface area contributed by atoms with E-state index in [2.05, 4.69) is 17.6 Å². The average Bonchev–Trinajstić information content (AvgIpc) is 3.09. The fourth-order valence-electron chi connectivity index (χ4n) is 3.92. The van der Waals surface area contributed by atoms with Gasteiger partial charge in [0.2, 0.25) is 5.91 Å². The molecular weight excluding hydrogens is 296 g/mol. The van der Waals surface area contributed by atoms with Gasteiger partial charge >= 0.3 is 0 Å². The maximum atomic E-state index is 12.2. The summed E-state index contributed by atoms with van der Waals surface area (Å²) in [6.45, 7) is 2.85. The first-order valence-corrected chi connectivity index (χ1v) is 8.65. The Morgan fingerprint density at radius 1 is 1.45 bits per heavy atom.